The summed E-state index contributed by atoms with van der Waals surface area (Å²) in [5.41, 5.74) is 10.8. The molecule has 6 rings (SSSR count). The Bertz CT molecular complexity index is 1160. The summed E-state index contributed by atoms with van der Waals surface area (Å²) in [4.78, 5) is 0. The number of para-hydroxylation sites is 1. The highest BCUT2D eigenvalue weighted by atomic mass is 14.9. The first-order valence-corrected chi connectivity index (χ1v) is 10.6. The molecule has 1 spiro atoms. The van der Waals surface area contributed by atoms with Gasteiger partial charge in [-0.05, 0) is 52.3 Å². The van der Waals surface area contributed by atoms with Crippen molar-refractivity contribution in [2.75, 3.05) is 5.32 Å². The number of fused-ring (bicyclic) bond motifs is 7. The summed E-state index contributed by atoms with van der Waals surface area (Å²) in [5.74, 6) is 0. The standard InChI is InChI=1S/C28H25N/c1-27(2)19-11-3-5-13-21(19)28(22-14-6-4-12-20(22)27)23-15-7-9-17-25(23)29-26-18-10-8-16-24(26)28/h3-9,11-17,29H,10,18H2,1-2H3. The van der Waals surface area contributed by atoms with Crippen molar-refractivity contribution in [1.29, 1.82) is 0 Å². The second-order valence-electron chi connectivity index (χ2n) is 8.97. The number of allylic oxidation sites excluding steroid dienone is 4. The van der Waals surface area contributed by atoms with Gasteiger partial charge in [-0.15, -0.1) is 0 Å². The van der Waals surface area contributed by atoms with E-state index in [1.165, 1.54) is 44.8 Å². The monoisotopic (exact) mass is 375 g/mol. The van der Waals surface area contributed by atoms with Crippen LogP contribution in [0.4, 0.5) is 5.69 Å². The number of hydrogen-bond acceptors (Lipinski definition) is 1. The van der Waals surface area contributed by atoms with Crippen LogP contribution in [-0.4, -0.2) is 0 Å². The second kappa shape index (κ2) is 5.73. The molecule has 3 aromatic carbocycles. The van der Waals surface area contributed by atoms with E-state index < -0.39 is 0 Å². The molecule has 0 saturated heterocycles. The summed E-state index contributed by atoms with van der Waals surface area (Å²) < 4.78 is 0. The molecule has 1 N–H and O–H groups in total. The predicted octanol–water partition coefficient (Wildman–Crippen LogP) is 6.69. The zero-order valence-corrected chi connectivity index (χ0v) is 17.0. The Labute approximate surface area is 172 Å². The maximum absolute atomic E-state index is 3.78. The lowest BCUT2D eigenvalue weighted by Crippen LogP contribution is -2.45. The normalized spacial score (nSPS) is 19.7. The highest BCUT2D eigenvalue weighted by molar-refractivity contribution is 5.79. The number of hydrogen-bond donors (Lipinski definition) is 1. The Balaban J connectivity index is 1.85. The van der Waals surface area contributed by atoms with E-state index in [9.17, 15) is 0 Å². The quantitative estimate of drug-likeness (QED) is 0.461. The molecule has 0 fully saturated rings. The van der Waals surface area contributed by atoms with Gasteiger partial charge in [0, 0.05) is 16.8 Å². The van der Waals surface area contributed by atoms with Crippen molar-refractivity contribution in [3.8, 4) is 0 Å². The van der Waals surface area contributed by atoms with E-state index >= 15 is 0 Å². The minimum absolute atomic E-state index is 0.0304. The van der Waals surface area contributed by atoms with Crippen LogP contribution in [0.5, 0.6) is 0 Å². The van der Waals surface area contributed by atoms with Crippen LogP contribution in [0.3, 0.4) is 0 Å². The topological polar surface area (TPSA) is 12.0 Å². The van der Waals surface area contributed by atoms with Crippen molar-refractivity contribution in [3.63, 3.8) is 0 Å². The highest BCUT2D eigenvalue weighted by Crippen LogP contribution is 2.60. The maximum Gasteiger partial charge on any atom is 0.0744 e. The zero-order valence-electron chi connectivity index (χ0n) is 17.0. The fourth-order valence-electron chi connectivity index (χ4n) is 5.95. The third-order valence-electron chi connectivity index (χ3n) is 7.20. The number of anilines is 1. The van der Waals surface area contributed by atoms with E-state index in [-0.39, 0.29) is 10.8 Å². The summed E-state index contributed by atoms with van der Waals surface area (Å²) >= 11 is 0. The number of benzene rings is 3. The van der Waals surface area contributed by atoms with Crippen molar-refractivity contribution in [3.05, 3.63) is 124 Å². The van der Waals surface area contributed by atoms with E-state index in [0.29, 0.717) is 0 Å². The minimum Gasteiger partial charge on any atom is -0.358 e. The van der Waals surface area contributed by atoms with Gasteiger partial charge in [0.15, 0.2) is 0 Å². The Hall–Kier alpha value is -3.06. The van der Waals surface area contributed by atoms with Crippen LogP contribution in [-0.2, 0) is 10.8 Å². The van der Waals surface area contributed by atoms with Gasteiger partial charge in [0.1, 0.15) is 0 Å². The summed E-state index contributed by atoms with van der Waals surface area (Å²) in [5, 5.41) is 3.78. The van der Waals surface area contributed by atoms with E-state index in [1.807, 2.05) is 0 Å². The Kier molecular flexibility index (Phi) is 3.33. The SMILES string of the molecule is CC1(C)c2ccccc2C2(C3=C(CCC=C3)Nc3ccccc32)c2ccccc21. The minimum atomic E-state index is -0.267. The van der Waals surface area contributed by atoms with Gasteiger partial charge in [0.05, 0.1) is 5.41 Å². The molecule has 0 aromatic heterocycles. The summed E-state index contributed by atoms with van der Waals surface area (Å²) in [6, 6.07) is 27.1. The van der Waals surface area contributed by atoms with Gasteiger partial charge >= 0.3 is 0 Å². The highest BCUT2D eigenvalue weighted by Gasteiger charge is 2.52. The van der Waals surface area contributed by atoms with Crippen LogP contribution in [0, 0.1) is 0 Å². The molecule has 0 amide bonds. The molecule has 0 unspecified atom stereocenters. The molecular weight excluding hydrogens is 350 g/mol. The molecule has 29 heavy (non-hydrogen) atoms. The van der Waals surface area contributed by atoms with Crippen molar-refractivity contribution in [1.82, 2.24) is 0 Å². The molecule has 1 heterocycles. The van der Waals surface area contributed by atoms with Crippen molar-refractivity contribution in [2.24, 2.45) is 0 Å². The van der Waals surface area contributed by atoms with E-state index in [0.717, 1.165) is 12.8 Å². The maximum atomic E-state index is 3.78. The summed E-state index contributed by atoms with van der Waals surface area (Å²) in [7, 11) is 0. The average molecular weight is 376 g/mol. The molecular formula is C28H25N. The van der Waals surface area contributed by atoms with Gasteiger partial charge < -0.3 is 5.32 Å². The summed E-state index contributed by atoms with van der Waals surface area (Å²) in [6.07, 6.45) is 6.89. The lowest BCUT2D eigenvalue weighted by atomic mass is 9.52. The zero-order chi connectivity index (χ0) is 19.6. The van der Waals surface area contributed by atoms with Crippen LogP contribution in [0.1, 0.15) is 54.5 Å². The van der Waals surface area contributed by atoms with E-state index in [1.54, 1.807) is 0 Å². The summed E-state index contributed by atoms with van der Waals surface area (Å²) in [6.45, 7) is 4.74. The number of rotatable bonds is 0. The van der Waals surface area contributed by atoms with Crippen molar-refractivity contribution < 1.29 is 0 Å². The lowest BCUT2D eigenvalue weighted by molar-refractivity contribution is 0.552. The van der Waals surface area contributed by atoms with Crippen LogP contribution in [0.15, 0.2) is 96.2 Å². The lowest BCUT2D eigenvalue weighted by Gasteiger charge is -2.51. The predicted molar refractivity (Wildman–Crippen MR) is 120 cm³/mol. The molecule has 0 radical (unpaired) electrons. The number of nitrogens with one attached hydrogen (secondary N) is 1. The smallest absolute Gasteiger partial charge is 0.0744 e. The molecule has 1 nitrogen and oxygen atoms in total. The van der Waals surface area contributed by atoms with Gasteiger partial charge in [-0.2, -0.15) is 0 Å². The molecule has 1 heteroatoms. The van der Waals surface area contributed by atoms with Crippen LogP contribution >= 0.6 is 0 Å². The fraction of sp³-hybridized carbons (Fsp3) is 0.214. The van der Waals surface area contributed by atoms with Crippen molar-refractivity contribution in [2.45, 2.75) is 37.5 Å². The molecule has 142 valence electrons. The molecule has 3 aliphatic rings. The molecule has 2 aliphatic carbocycles. The Morgan fingerprint density at radius 2 is 1.24 bits per heavy atom. The first-order chi connectivity index (χ1) is 14.1. The first-order valence-electron chi connectivity index (χ1n) is 10.6. The Morgan fingerprint density at radius 1 is 0.690 bits per heavy atom. The van der Waals surface area contributed by atoms with Gasteiger partial charge in [-0.1, -0.05) is 92.7 Å². The van der Waals surface area contributed by atoms with Crippen LogP contribution in [0.2, 0.25) is 0 Å². The third kappa shape index (κ3) is 2.00. The molecule has 0 bridgehead atoms. The molecule has 0 saturated carbocycles. The molecule has 1 aliphatic heterocycles. The van der Waals surface area contributed by atoms with Gasteiger partial charge in [-0.3, -0.25) is 0 Å². The second-order valence-corrected chi connectivity index (χ2v) is 8.97. The van der Waals surface area contributed by atoms with Crippen LogP contribution in [0.25, 0.3) is 0 Å². The van der Waals surface area contributed by atoms with Gasteiger partial charge in [0.25, 0.3) is 0 Å². The molecule has 3 aromatic rings. The molecule has 0 atom stereocenters. The third-order valence-corrected chi connectivity index (χ3v) is 7.20. The Morgan fingerprint density at radius 3 is 1.90 bits per heavy atom. The largest absolute Gasteiger partial charge is 0.358 e. The van der Waals surface area contributed by atoms with Gasteiger partial charge in [-0.25, -0.2) is 0 Å². The van der Waals surface area contributed by atoms with Crippen LogP contribution < -0.4 is 5.32 Å². The van der Waals surface area contributed by atoms with E-state index in [4.69, 9.17) is 0 Å². The first kappa shape index (κ1) is 16.9. The average Bonchev–Trinajstić information content (AvgIpc) is 2.77. The fourth-order valence-corrected chi connectivity index (χ4v) is 5.95. The van der Waals surface area contributed by atoms with Gasteiger partial charge in [0.2, 0.25) is 0 Å². The van der Waals surface area contributed by atoms with Crippen molar-refractivity contribution >= 4 is 5.69 Å². The van der Waals surface area contributed by atoms with E-state index in [2.05, 4.69) is 104 Å².